The molecular formula is C14H24N2O3. The van der Waals surface area contributed by atoms with Crippen LogP contribution in [0.3, 0.4) is 0 Å². The third-order valence-corrected chi connectivity index (χ3v) is 3.68. The van der Waals surface area contributed by atoms with Crippen LogP contribution in [-0.2, 0) is 9.47 Å². The maximum absolute atomic E-state index is 5.47. The van der Waals surface area contributed by atoms with Crippen LogP contribution in [0.4, 0.5) is 0 Å². The van der Waals surface area contributed by atoms with Crippen LogP contribution >= 0.6 is 0 Å². The first-order valence-electron chi connectivity index (χ1n) is 7.31. The molecule has 0 spiro atoms. The number of nitrogens with zero attached hydrogens (tertiary/aromatic N) is 2. The monoisotopic (exact) mass is 268 g/mol. The van der Waals surface area contributed by atoms with Crippen molar-refractivity contribution in [3.63, 3.8) is 0 Å². The van der Waals surface area contributed by atoms with Crippen molar-refractivity contribution < 1.29 is 14.0 Å². The Morgan fingerprint density at radius 3 is 2.37 bits per heavy atom. The van der Waals surface area contributed by atoms with Crippen LogP contribution in [0.25, 0.3) is 0 Å². The van der Waals surface area contributed by atoms with E-state index in [0.717, 1.165) is 24.6 Å². The smallest absolute Gasteiger partial charge is 0.283 e. The third kappa shape index (κ3) is 3.76. The van der Waals surface area contributed by atoms with E-state index in [1.807, 2.05) is 13.8 Å². The van der Waals surface area contributed by atoms with Gasteiger partial charge in [0.25, 0.3) is 5.89 Å². The van der Waals surface area contributed by atoms with Crippen LogP contribution in [0.2, 0.25) is 0 Å². The van der Waals surface area contributed by atoms with E-state index in [1.54, 1.807) is 0 Å². The fraction of sp³-hybridized carbons (Fsp3) is 0.857. The van der Waals surface area contributed by atoms with Gasteiger partial charge in [-0.25, -0.2) is 0 Å². The minimum Gasteiger partial charge on any atom is -0.345 e. The first-order valence-corrected chi connectivity index (χ1v) is 7.31. The molecule has 1 aliphatic carbocycles. The Labute approximate surface area is 114 Å². The lowest BCUT2D eigenvalue weighted by molar-refractivity contribution is -0.155. The summed E-state index contributed by atoms with van der Waals surface area (Å²) in [5, 5.41) is 4.10. The van der Waals surface area contributed by atoms with E-state index >= 15 is 0 Å². The molecule has 108 valence electrons. The van der Waals surface area contributed by atoms with Gasteiger partial charge in [-0.15, -0.1) is 0 Å². The fourth-order valence-electron chi connectivity index (χ4n) is 2.52. The second-order valence-corrected chi connectivity index (χ2v) is 5.19. The summed E-state index contributed by atoms with van der Waals surface area (Å²) in [6, 6.07) is 0. The molecule has 0 atom stereocenters. The Bertz CT molecular complexity index is 367. The summed E-state index contributed by atoms with van der Waals surface area (Å²) in [4.78, 5) is 4.47. The summed E-state index contributed by atoms with van der Waals surface area (Å²) in [5.74, 6) is 2.50. The maximum atomic E-state index is 5.47. The molecule has 1 saturated carbocycles. The highest BCUT2D eigenvalue weighted by molar-refractivity contribution is 4.98. The molecule has 19 heavy (non-hydrogen) atoms. The highest BCUT2D eigenvalue weighted by Crippen LogP contribution is 2.34. The van der Waals surface area contributed by atoms with Gasteiger partial charge in [-0.3, -0.25) is 0 Å². The van der Waals surface area contributed by atoms with Crippen molar-refractivity contribution in [1.82, 2.24) is 10.1 Å². The van der Waals surface area contributed by atoms with Gasteiger partial charge in [-0.2, -0.15) is 4.98 Å². The molecule has 0 unspecified atom stereocenters. The second-order valence-electron chi connectivity index (χ2n) is 5.19. The molecule has 1 fully saturated rings. The highest BCUT2D eigenvalue weighted by Gasteiger charge is 2.26. The van der Waals surface area contributed by atoms with E-state index < -0.39 is 6.29 Å². The first-order chi connectivity index (χ1) is 9.24. The Kier molecular flexibility index (Phi) is 5.34. The third-order valence-electron chi connectivity index (χ3n) is 3.68. The summed E-state index contributed by atoms with van der Waals surface area (Å²) in [7, 11) is 0. The van der Waals surface area contributed by atoms with E-state index in [4.69, 9.17) is 14.0 Å². The molecule has 0 radical (unpaired) electrons. The summed E-state index contributed by atoms with van der Waals surface area (Å²) < 4.78 is 16.2. The van der Waals surface area contributed by atoms with Gasteiger partial charge >= 0.3 is 0 Å². The van der Waals surface area contributed by atoms with Crippen molar-refractivity contribution in [2.24, 2.45) is 5.92 Å². The molecule has 0 aromatic carbocycles. The van der Waals surface area contributed by atoms with Crippen LogP contribution in [0.1, 0.15) is 70.4 Å². The Balaban J connectivity index is 2.00. The van der Waals surface area contributed by atoms with Crippen LogP contribution in [0.5, 0.6) is 0 Å². The summed E-state index contributed by atoms with van der Waals surface area (Å²) >= 11 is 0. The van der Waals surface area contributed by atoms with Crippen molar-refractivity contribution >= 4 is 0 Å². The van der Waals surface area contributed by atoms with E-state index in [2.05, 4.69) is 17.1 Å². The van der Waals surface area contributed by atoms with Gasteiger partial charge in [0, 0.05) is 19.1 Å². The minimum atomic E-state index is -0.529. The van der Waals surface area contributed by atoms with Crippen molar-refractivity contribution in [3.05, 3.63) is 11.7 Å². The molecule has 1 aromatic heterocycles. The average Bonchev–Trinajstić information content (AvgIpc) is 2.89. The highest BCUT2D eigenvalue weighted by atomic mass is 16.7. The number of aromatic nitrogens is 2. The molecule has 1 heterocycles. The molecule has 0 aliphatic heterocycles. The average molecular weight is 268 g/mol. The van der Waals surface area contributed by atoms with Crippen molar-refractivity contribution in [2.45, 2.75) is 58.7 Å². The molecule has 1 aliphatic rings. The van der Waals surface area contributed by atoms with Gasteiger partial charge in [-0.1, -0.05) is 24.9 Å². The molecule has 0 saturated heterocycles. The topological polar surface area (TPSA) is 57.4 Å². The summed E-state index contributed by atoms with van der Waals surface area (Å²) in [6.07, 6.45) is 4.25. The molecule has 0 N–H and O–H groups in total. The van der Waals surface area contributed by atoms with Crippen molar-refractivity contribution in [2.75, 3.05) is 13.2 Å². The quantitative estimate of drug-likeness (QED) is 0.740. The minimum absolute atomic E-state index is 0.428. The number of hydrogen-bond acceptors (Lipinski definition) is 5. The van der Waals surface area contributed by atoms with Crippen LogP contribution in [0, 0.1) is 5.92 Å². The molecule has 2 rings (SSSR count). The Morgan fingerprint density at radius 1 is 1.16 bits per heavy atom. The number of ether oxygens (including phenoxy) is 2. The fourth-order valence-corrected chi connectivity index (χ4v) is 2.52. The molecule has 5 nitrogen and oxygen atoms in total. The molecule has 0 amide bonds. The normalized spacial score (nSPS) is 24.0. The lowest BCUT2D eigenvalue weighted by Gasteiger charge is -2.23. The summed E-state index contributed by atoms with van der Waals surface area (Å²) in [6.45, 7) is 7.27. The Morgan fingerprint density at radius 2 is 1.79 bits per heavy atom. The van der Waals surface area contributed by atoms with Gasteiger partial charge in [-0.05, 0) is 32.6 Å². The first kappa shape index (κ1) is 14.5. The van der Waals surface area contributed by atoms with Crippen LogP contribution in [0.15, 0.2) is 4.52 Å². The maximum Gasteiger partial charge on any atom is 0.283 e. The van der Waals surface area contributed by atoms with Gasteiger partial charge < -0.3 is 14.0 Å². The van der Waals surface area contributed by atoms with Gasteiger partial charge in [0.2, 0.25) is 6.29 Å². The van der Waals surface area contributed by atoms with Crippen LogP contribution in [-0.4, -0.2) is 23.4 Å². The van der Waals surface area contributed by atoms with Crippen molar-refractivity contribution in [3.8, 4) is 0 Å². The molecule has 1 aromatic rings. The van der Waals surface area contributed by atoms with Gasteiger partial charge in [0.1, 0.15) is 0 Å². The molecule has 0 bridgehead atoms. The zero-order valence-corrected chi connectivity index (χ0v) is 12.1. The van der Waals surface area contributed by atoms with E-state index in [9.17, 15) is 0 Å². The number of rotatable bonds is 6. The Hall–Kier alpha value is -0.940. The summed E-state index contributed by atoms with van der Waals surface area (Å²) in [5.41, 5.74) is 0. The number of hydrogen-bond donors (Lipinski definition) is 0. The standard InChI is InChI=1S/C14H24N2O3/c1-4-17-14(18-5-2)13-15-12(16-19-13)11-8-6-10(3)7-9-11/h10-11,14H,4-9H2,1-3H3. The van der Waals surface area contributed by atoms with Crippen molar-refractivity contribution in [1.29, 1.82) is 0 Å². The van der Waals surface area contributed by atoms with E-state index in [1.165, 1.54) is 12.8 Å². The molecule has 5 heteroatoms. The van der Waals surface area contributed by atoms with E-state index in [-0.39, 0.29) is 0 Å². The zero-order valence-electron chi connectivity index (χ0n) is 12.1. The predicted molar refractivity (Wildman–Crippen MR) is 70.7 cm³/mol. The lowest BCUT2D eigenvalue weighted by Crippen LogP contribution is -2.13. The van der Waals surface area contributed by atoms with Gasteiger partial charge in [0.15, 0.2) is 5.82 Å². The molecular weight excluding hydrogens is 244 g/mol. The largest absolute Gasteiger partial charge is 0.345 e. The van der Waals surface area contributed by atoms with Crippen LogP contribution < -0.4 is 0 Å². The SMILES string of the molecule is CCOC(OCC)c1nc(C2CCC(C)CC2)no1. The second kappa shape index (κ2) is 7.01. The van der Waals surface area contributed by atoms with Gasteiger partial charge in [0.05, 0.1) is 0 Å². The lowest BCUT2D eigenvalue weighted by atomic mass is 9.83. The predicted octanol–water partition coefficient (Wildman–Crippen LogP) is 3.43. The zero-order chi connectivity index (χ0) is 13.7. The van der Waals surface area contributed by atoms with E-state index in [0.29, 0.717) is 25.0 Å².